The Bertz CT molecular complexity index is 1740. The first-order valence-electron chi connectivity index (χ1n) is 13.1. The van der Waals surface area contributed by atoms with Gasteiger partial charge in [0.25, 0.3) is 5.91 Å². The van der Waals surface area contributed by atoms with Gasteiger partial charge in [-0.05, 0) is 71.8 Å². The third-order valence-corrected chi connectivity index (χ3v) is 7.17. The summed E-state index contributed by atoms with van der Waals surface area (Å²) in [5, 5.41) is 11.9. The summed E-state index contributed by atoms with van der Waals surface area (Å²) < 4.78 is 17.9. The predicted octanol–water partition coefficient (Wildman–Crippen LogP) is 5.23. The van der Waals surface area contributed by atoms with Crippen molar-refractivity contribution in [1.82, 2.24) is 19.9 Å². The molecule has 2 heterocycles. The van der Waals surface area contributed by atoms with Crippen molar-refractivity contribution in [3.05, 3.63) is 107 Å². The quantitative estimate of drug-likeness (QED) is 0.253. The van der Waals surface area contributed by atoms with Crippen molar-refractivity contribution in [2.75, 3.05) is 19.2 Å². The number of benzene rings is 4. The van der Waals surface area contributed by atoms with Gasteiger partial charge in [0, 0.05) is 17.3 Å². The lowest BCUT2D eigenvalue weighted by molar-refractivity contribution is -0.140. The van der Waals surface area contributed by atoms with Crippen LogP contribution in [0, 0.1) is 0 Å². The number of carbonyl (C=O) groups is 2. The van der Waals surface area contributed by atoms with Gasteiger partial charge >= 0.3 is 0 Å². The number of nitrogens with zero attached hydrogens (tertiary/aromatic N) is 4. The van der Waals surface area contributed by atoms with Gasteiger partial charge in [-0.15, -0.1) is 5.10 Å². The third-order valence-electron chi connectivity index (χ3n) is 6.92. The van der Waals surface area contributed by atoms with E-state index >= 15 is 0 Å². The molecule has 0 bridgehead atoms. The highest BCUT2D eigenvalue weighted by Crippen LogP contribution is 2.36. The first kappa shape index (κ1) is 27.1. The number of carbonyl (C=O) groups excluding carboxylic acids is 2. The van der Waals surface area contributed by atoms with E-state index in [1.165, 1.54) is 9.58 Å². The summed E-state index contributed by atoms with van der Waals surface area (Å²) in [6.07, 6.45) is 0. The lowest BCUT2D eigenvalue weighted by atomic mass is 10.0. The van der Waals surface area contributed by atoms with Gasteiger partial charge in [0.05, 0.1) is 12.6 Å². The number of aromatic nitrogens is 3. The van der Waals surface area contributed by atoms with E-state index in [0.29, 0.717) is 44.6 Å². The van der Waals surface area contributed by atoms with Crippen LogP contribution in [0.25, 0.3) is 11.0 Å². The highest BCUT2D eigenvalue weighted by atomic mass is 35.5. The number of amides is 2. The molecule has 1 aromatic heterocycles. The lowest BCUT2D eigenvalue weighted by Gasteiger charge is -2.32. The predicted molar refractivity (Wildman–Crippen MR) is 156 cm³/mol. The fourth-order valence-electron chi connectivity index (χ4n) is 4.80. The van der Waals surface area contributed by atoms with Gasteiger partial charge in [-0.25, -0.2) is 4.68 Å². The van der Waals surface area contributed by atoms with Crippen LogP contribution in [-0.2, 0) is 22.7 Å². The maximum absolute atomic E-state index is 14.2. The van der Waals surface area contributed by atoms with E-state index in [1.807, 2.05) is 36.4 Å². The van der Waals surface area contributed by atoms with Crippen molar-refractivity contribution in [1.29, 1.82) is 0 Å². The van der Waals surface area contributed by atoms with Crippen LogP contribution < -0.4 is 19.5 Å². The molecule has 212 valence electrons. The minimum absolute atomic E-state index is 0.0777. The number of para-hydroxylation sites is 1. The molecule has 0 saturated carbocycles. The lowest BCUT2D eigenvalue weighted by Crippen LogP contribution is -2.42. The first-order chi connectivity index (χ1) is 20.5. The van der Waals surface area contributed by atoms with E-state index in [4.69, 9.17) is 25.8 Å². The van der Waals surface area contributed by atoms with Gasteiger partial charge in [0.2, 0.25) is 12.7 Å². The third kappa shape index (κ3) is 5.70. The second-order valence-corrected chi connectivity index (χ2v) is 10.1. The molecule has 2 amide bonds. The molecule has 1 aliphatic heterocycles. The molecule has 0 saturated heterocycles. The van der Waals surface area contributed by atoms with Crippen LogP contribution in [0.2, 0.25) is 5.02 Å². The van der Waals surface area contributed by atoms with Crippen LogP contribution in [0.3, 0.4) is 0 Å². The molecule has 0 spiro atoms. The highest BCUT2D eigenvalue weighted by Gasteiger charge is 2.33. The van der Waals surface area contributed by atoms with Crippen LogP contribution in [0.5, 0.6) is 17.2 Å². The number of halogens is 1. The number of hydrogen-bond acceptors (Lipinski definition) is 7. The van der Waals surface area contributed by atoms with Crippen molar-refractivity contribution < 1.29 is 23.8 Å². The largest absolute Gasteiger partial charge is 0.497 e. The van der Waals surface area contributed by atoms with E-state index in [-0.39, 0.29) is 25.8 Å². The van der Waals surface area contributed by atoms with Crippen molar-refractivity contribution in [2.24, 2.45) is 0 Å². The van der Waals surface area contributed by atoms with Crippen molar-refractivity contribution in [3.8, 4) is 17.2 Å². The smallest absolute Gasteiger partial charge is 0.251 e. The molecular formula is C31H26ClN5O5. The maximum atomic E-state index is 14.2. The SMILES string of the molecule is COc1ccc(NC(=O)C(c2ccc3c(c2)OCO3)N(Cc2ccc(Cl)cc2)C(=O)Cn2nnc3ccccc32)cc1. The Labute approximate surface area is 246 Å². The summed E-state index contributed by atoms with van der Waals surface area (Å²) >= 11 is 6.14. The number of hydrogen-bond donors (Lipinski definition) is 1. The number of anilines is 1. The molecule has 1 atom stereocenters. The van der Waals surface area contributed by atoms with Gasteiger partial charge in [-0.2, -0.15) is 0 Å². The summed E-state index contributed by atoms with van der Waals surface area (Å²) in [6.45, 7) is 0.0665. The van der Waals surface area contributed by atoms with Crippen molar-refractivity contribution in [2.45, 2.75) is 19.1 Å². The summed E-state index contributed by atoms with van der Waals surface area (Å²) in [6, 6.07) is 25.7. The highest BCUT2D eigenvalue weighted by molar-refractivity contribution is 6.30. The number of ether oxygens (including phenoxy) is 3. The first-order valence-corrected chi connectivity index (χ1v) is 13.5. The van der Waals surface area contributed by atoms with Gasteiger partial charge in [0.1, 0.15) is 23.9 Å². The van der Waals surface area contributed by atoms with E-state index in [0.717, 1.165) is 5.56 Å². The van der Waals surface area contributed by atoms with Gasteiger partial charge in [-0.3, -0.25) is 9.59 Å². The monoisotopic (exact) mass is 583 g/mol. The van der Waals surface area contributed by atoms with Crippen molar-refractivity contribution >= 4 is 40.1 Å². The number of rotatable bonds is 9. The van der Waals surface area contributed by atoms with Crippen LogP contribution in [-0.4, -0.2) is 45.6 Å². The molecule has 10 nitrogen and oxygen atoms in total. The maximum Gasteiger partial charge on any atom is 0.251 e. The van der Waals surface area contributed by atoms with Crippen LogP contribution >= 0.6 is 11.6 Å². The molecule has 5 aromatic rings. The second kappa shape index (κ2) is 11.8. The topological polar surface area (TPSA) is 108 Å². The summed E-state index contributed by atoms with van der Waals surface area (Å²) in [7, 11) is 1.57. The molecule has 11 heteroatoms. The Morgan fingerprint density at radius 1 is 1.00 bits per heavy atom. The molecule has 4 aromatic carbocycles. The number of methoxy groups -OCH3 is 1. The van der Waals surface area contributed by atoms with E-state index in [2.05, 4.69) is 15.6 Å². The summed E-state index contributed by atoms with van der Waals surface area (Å²) in [4.78, 5) is 29.8. The van der Waals surface area contributed by atoms with E-state index < -0.39 is 11.9 Å². The minimum atomic E-state index is -1.04. The summed E-state index contributed by atoms with van der Waals surface area (Å²) in [5.74, 6) is 0.964. The number of fused-ring (bicyclic) bond motifs is 2. The van der Waals surface area contributed by atoms with Gasteiger partial charge in [-0.1, -0.05) is 47.1 Å². The molecule has 0 aliphatic carbocycles. The zero-order chi connectivity index (χ0) is 29.1. The Morgan fingerprint density at radius 3 is 2.55 bits per heavy atom. The normalized spacial score (nSPS) is 12.6. The van der Waals surface area contributed by atoms with E-state index in [1.54, 1.807) is 61.7 Å². The summed E-state index contributed by atoms with van der Waals surface area (Å²) in [5.41, 5.74) is 3.27. The molecule has 0 radical (unpaired) electrons. The standard InChI is InChI=1S/C31H26ClN5O5/c1-40-24-13-11-23(12-14-24)33-31(39)30(21-8-15-27-28(16-21)42-19-41-27)36(17-20-6-9-22(32)10-7-20)29(38)18-37-26-5-3-2-4-25(26)34-35-37/h2-16,30H,17-19H2,1H3,(H,33,39). The minimum Gasteiger partial charge on any atom is -0.497 e. The van der Waals surface area contributed by atoms with Gasteiger partial charge in [0.15, 0.2) is 11.5 Å². The zero-order valence-corrected chi connectivity index (χ0v) is 23.3. The second-order valence-electron chi connectivity index (χ2n) is 9.62. The Morgan fingerprint density at radius 2 is 1.76 bits per heavy atom. The van der Waals surface area contributed by atoms with E-state index in [9.17, 15) is 9.59 Å². The molecule has 1 N–H and O–H groups in total. The average Bonchev–Trinajstić information content (AvgIpc) is 3.65. The fraction of sp³-hybridized carbons (Fsp3) is 0.161. The Balaban J connectivity index is 1.40. The van der Waals surface area contributed by atoms with Crippen LogP contribution in [0.15, 0.2) is 91.0 Å². The molecular weight excluding hydrogens is 558 g/mol. The fourth-order valence-corrected chi connectivity index (χ4v) is 4.93. The van der Waals surface area contributed by atoms with Crippen LogP contribution in [0.1, 0.15) is 17.2 Å². The molecule has 42 heavy (non-hydrogen) atoms. The molecule has 0 fully saturated rings. The average molecular weight is 584 g/mol. The van der Waals surface area contributed by atoms with Gasteiger partial charge < -0.3 is 24.4 Å². The molecule has 1 aliphatic rings. The number of nitrogens with one attached hydrogen (secondary N) is 1. The Kier molecular flexibility index (Phi) is 7.61. The molecule has 6 rings (SSSR count). The Hall–Kier alpha value is -5.09. The van der Waals surface area contributed by atoms with Crippen LogP contribution in [0.4, 0.5) is 5.69 Å². The zero-order valence-electron chi connectivity index (χ0n) is 22.6. The van der Waals surface area contributed by atoms with Crippen molar-refractivity contribution in [3.63, 3.8) is 0 Å². The molecule has 1 unspecified atom stereocenters.